The molecule has 0 aromatic carbocycles. The minimum Gasteiger partial charge on any atom is -0.465 e. The molecule has 0 heterocycles. The average molecular weight is 242 g/mol. The number of esters is 1. The molecule has 0 N–H and O–H groups in total. The van der Waals surface area contributed by atoms with Crippen LogP contribution in [0.4, 0.5) is 0 Å². The van der Waals surface area contributed by atoms with E-state index in [0.29, 0.717) is 12.0 Å². The minimum atomic E-state index is -0.0762. The van der Waals surface area contributed by atoms with E-state index in [9.17, 15) is 4.79 Å². The summed E-state index contributed by atoms with van der Waals surface area (Å²) in [4.78, 5) is 11.2. The molecule has 2 heteroatoms. The Balaban J connectivity index is 3.49. The zero-order chi connectivity index (χ0) is 13.5. The molecule has 17 heavy (non-hydrogen) atoms. The van der Waals surface area contributed by atoms with Gasteiger partial charge in [0.1, 0.15) is 0 Å². The second-order valence-corrected chi connectivity index (χ2v) is 6.69. The van der Waals surface area contributed by atoms with Crippen LogP contribution in [0, 0.1) is 17.3 Å². The molecule has 0 aliphatic heterocycles. The van der Waals surface area contributed by atoms with Crippen LogP contribution in [0.15, 0.2) is 0 Å². The minimum absolute atomic E-state index is 0.00480. The first-order chi connectivity index (χ1) is 7.72. The predicted molar refractivity (Wildman–Crippen MR) is 72.9 cm³/mol. The molecule has 0 spiro atoms. The molecule has 0 rings (SSSR count). The lowest BCUT2D eigenvalue weighted by atomic mass is 9.83. The van der Waals surface area contributed by atoms with Gasteiger partial charge in [-0.05, 0) is 30.6 Å². The van der Waals surface area contributed by atoms with Gasteiger partial charge in [-0.2, -0.15) is 0 Å². The lowest BCUT2D eigenvalue weighted by molar-refractivity contribution is -0.147. The molecule has 0 bridgehead atoms. The lowest BCUT2D eigenvalue weighted by Gasteiger charge is -2.23. The standard InChI is InChI=1S/C15H30O2/c1-12(2)14(16)17-10-8-7-9-13(3)11-15(4,5)6/h12-13H,7-11H2,1-6H3. The fourth-order valence-electron chi connectivity index (χ4n) is 2.08. The van der Waals surface area contributed by atoms with Gasteiger partial charge < -0.3 is 4.74 Å². The number of ether oxygens (including phenoxy) is 1. The fourth-order valence-corrected chi connectivity index (χ4v) is 2.08. The molecule has 0 aromatic heterocycles. The predicted octanol–water partition coefficient (Wildman–Crippen LogP) is 4.43. The average Bonchev–Trinajstić information content (AvgIpc) is 2.13. The number of carbonyl (C=O) groups excluding carboxylic acids is 1. The van der Waals surface area contributed by atoms with E-state index in [1.54, 1.807) is 0 Å². The first-order valence-electron chi connectivity index (χ1n) is 6.89. The maximum absolute atomic E-state index is 11.2. The molecule has 102 valence electrons. The maximum atomic E-state index is 11.2. The van der Waals surface area contributed by atoms with E-state index >= 15 is 0 Å². The van der Waals surface area contributed by atoms with Gasteiger partial charge in [0.25, 0.3) is 0 Å². The van der Waals surface area contributed by atoms with Crippen LogP contribution in [0.25, 0.3) is 0 Å². The molecular formula is C15H30O2. The molecule has 0 aliphatic carbocycles. The summed E-state index contributed by atoms with van der Waals surface area (Å²) in [5.41, 5.74) is 0.420. The van der Waals surface area contributed by atoms with Crippen LogP contribution < -0.4 is 0 Å². The van der Waals surface area contributed by atoms with Crippen molar-refractivity contribution in [2.75, 3.05) is 6.61 Å². The fraction of sp³-hybridized carbons (Fsp3) is 0.933. The molecular weight excluding hydrogens is 212 g/mol. The van der Waals surface area contributed by atoms with Gasteiger partial charge in [-0.3, -0.25) is 4.79 Å². The number of carbonyl (C=O) groups is 1. The first kappa shape index (κ1) is 16.5. The van der Waals surface area contributed by atoms with Crippen molar-refractivity contribution in [3.63, 3.8) is 0 Å². The third-order valence-electron chi connectivity index (χ3n) is 2.77. The SMILES string of the molecule is CC(CCCCOC(=O)C(C)C)CC(C)(C)C. The summed E-state index contributed by atoms with van der Waals surface area (Å²) in [6.45, 7) is 13.5. The van der Waals surface area contributed by atoms with Gasteiger partial charge in [-0.25, -0.2) is 0 Å². The van der Waals surface area contributed by atoms with Crippen molar-refractivity contribution in [2.45, 2.75) is 67.2 Å². The molecule has 0 amide bonds. The van der Waals surface area contributed by atoms with Crippen LogP contribution in [0.3, 0.4) is 0 Å². The molecule has 2 nitrogen and oxygen atoms in total. The third kappa shape index (κ3) is 10.3. The van der Waals surface area contributed by atoms with E-state index < -0.39 is 0 Å². The van der Waals surface area contributed by atoms with Crippen LogP contribution in [0.5, 0.6) is 0 Å². The zero-order valence-electron chi connectivity index (χ0n) is 12.5. The topological polar surface area (TPSA) is 26.3 Å². The molecule has 0 saturated carbocycles. The Kier molecular flexibility index (Phi) is 7.49. The smallest absolute Gasteiger partial charge is 0.308 e. The highest BCUT2D eigenvalue weighted by molar-refractivity contribution is 5.71. The highest BCUT2D eigenvalue weighted by atomic mass is 16.5. The zero-order valence-corrected chi connectivity index (χ0v) is 12.5. The van der Waals surface area contributed by atoms with E-state index in [1.807, 2.05) is 13.8 Å². The van der Waals surface area contributed by atoms with Crippen molar-refractivity contribution in [2.24, 2.45) is 17.3 Å². The van der Waals surface area contributed by atoms with E-state index in [-0.39, 0.29) is 11.9 Å². The summed E-state index contributed by atoms with van der Waals surface area (Å²) in [6.07, 6.45) is 4.64. The Labute approximate surface area is 107 Å². The van der Waals surface area contributed by atoms with Gasteiger partial charge in [0, 0.05) is 0 Å². The quantitative estimate of drug-likeness (QED) is 0.487. The highest BCUT2D eigenvalue weighted by Crippen LogP contribution is 2.26. The van der Waals surface area contributed by atoms with Crippen LogP contribution in [-0.4, -0.2) is 12.6 Å². The normalized spacial score (nSPS) is 13.8. The highest BCUT2D eigenvalue weighted by Gasteiger charge is 2.14. The largest absolute Gasteiger partial charge is 0.465 e. The van der Waals surface area contributed by atoms with Crippen LogP contribution in [-0.2, 0) is 9.53 Å². The van der Waals surface area contributed by atoms with Gasteiger partial charge in [0.15, 0.2) is 0 Å². The van der Waals surface area contributed by atoms with Crippen molar-refractivity contribution in [1.29, 1.82) is 0 Å². The summed E-state index contributed by atoms with van der Waals surface area (Å²) in [5.74, 6) is 0.679. The Morgan fingerprint density at radius 3 is 2.18 bits per heavy atom. The van der Waals surface area contributed by atoms with Gasteiger partial charge in [0.05, 0.1) is 12.5 Å². The second kappa shape index (κ2) is 7.73. The Morgan fingerprint density at radius 2 is 1.71 bits per heavy atom. The van der Waals surface area contributed by atoms with E-state index in [2.05, 4.69) is 27.7 Å². The number of rotatable bonds is 7. The van der Waals surface area contributed by atoms with Crippen molar-refractivity contribution >= 4 is 5.97 Å². The number of hydrogen-bond acceptors (Lipinski definition) is 2. The first-order valence-corrected chi connectivity index (χ1v) is 6.89. The third-order valence-corrected chi connectivity index (χ3v) is 2.77. The molecule has 0 aliphatic rings. The van der Waals surface area contributed by atoms with E-state index in [1.165, 1.54) is 12.8 Å². The second-order valence-electron chi connectivity index (χ2n) is 6.69. The summed E-state index contributed by atoms with van der Waals surface area (Å²) >= 11 is 0. The van der Waals surface area contributed by atoms with E-state index in [4.69, 9.17) is 4.74 Å². The summed E-state index contributed by atoms with van der Waals surface area (Å²) in [6, 6.07) is 0. The lowest BCUT2D eigenvalue weighted by Crippen LogP contribution is -2.13. The molecule has 1 unspecified atom stereocenters. The van der Waals surface area contributed by atoms with Crippen molar-refractivity contribution in [3.8, 4) is 0 Å². The Hall–Kier alpha value is -0.530. The number of hydrogen-bond donors (Lipinski definition) is 0. The van der Waals surface area contributed by atoms with Crippen LogP contribution in [0.2, 0.25) is 0 Å². The van der Waals surface area contributed by atoms with Gasteiger partial charge in [0.2, 0.25) is 0 Å². The molecule has 0 saturated heterocycles. The van der Waals surface area contributed by atoms with E-state index in [0.717, 1.165) is 18.8 Å². The molecule has 0 fully saturated rings. The van der Waals surface area contributed by atoms with Gasteiger partial charge >= 0.3 is 5.97 Å². The summed E-state index contributed by atoms with van der Waals surface area (Å²) in [7, 11) is 0. The molecule has 0 radical (unpaired) electrons. The van der Waals surface area contributed by atoms with Crippen LogP contribution in [0.1, 0.15) is 67.2 Å². The maximum Gasteiger partial charge on any atom is 0.308 e. The summed E-state index contributed by atoms with van der Waals surface area (Å²) < 4.78 is 5.15. The van der Waals surface area contributed by atoms with Gasteiger partial charge in [-0.1, -0.05) is 48.0 Å². The molecule has 1 atom stereocenters. The molecule has 0 aromatic rings. The summed E-state index contributed by atoms with van der Waals surface area (Å²) in [5, 5.41) is 0. The Bertz CT molecular complexity index is 213. The Morgan fingerprint density at radius 1 is 1.12 bits per heavy atom. The van der Waals surface area contributed by atoms with Crippen molar-refractivity contribution < 1.29 is 9.53 Å². The number of unbranched alkanes of at least 4 members (excludes halogenated alkanes) is 1. The van der Waals surface area contributed by atoms with Crippen molar-refractivity contribution in [3.05, 3.63) is 0 Å². The monoisotopic (exact) mass is 242 g/mol. The van der Waals surface area contributed by atoms with Crippen molar-refractivity contribution in [1.82, 2.24) is 0 Å². The van der Waals surface area contributed by atoms with Crippen LogP contribution >= 0.6 is 0 Å². The van der Waals surface area contributed by atoms with Gasteiger partial charge in [-0.15, -0.1) is 0 Å².